The minimum absolute atomic E-state index is 0.279. The number of carbonyl (C=O) groups is 1. The van der Waals surface area contributed by atoms with E-state index in [1.807, 2.05) is 30.3 Å². The summed E-state index contributed by atoms with van der Waals surface area (Å²) in [5, 5.41) is 0. The maximum absolute atomic E-state index is 9.86. The van der Waals surface area contributed by atoms with Crippen LogP contribution < -0.4 is 4.74 Å². The first-order chi connectivity index (χ1) is 6.88. The van der Waals surface area contributed by atoms with Gasteiger partial charge >= 0.3 is 0 Å². The van der Waals surface area contributed by atoms with Crippen LogP contribution in [0.5, 0.6) is 5.75 Å². The Morgan fingerprint density at radius 2 is 2.14 bits per heavy atom. The van der Waals surface area contributed by atoms with Crippen molar-refractivity contribution in [3.63, 3.8) is 0 Å². The van der Waals surface area contributed by atoms with E-state index in [9.17, 15) is 4.79 Å². The van der Waals surface area contributed by atoms with Crippen LogP contribution in [0.1, 0.15) is 5.56 Å². The van der Waals surface area contributed by atoms with Crippen molar-refractivity contribution in [3.8, 4) is 5.75 Å². The van der Waals surface area contributed by atoms with Crippen LogP contribution in [0, 0.1) is 0 Å². The van der Waals surface area contributed by atoms with E-state index >= 15 is 0 Å². The van der Waals surface area contributed by atoms with Gasteiger partial charge in [-0.05, 0) is 12.1 Å². The van der Waals surface area contributed by atoms with Crippen LogP contribution in [-0.4, -0.2) is 20.2 Å². The van der Waals surface area contributed by atoms with Crippen LogP contribution >= 0.6 is 0 Å². The second-order valence-electron chi connectivity index (χ2n) is 2.57. The SMILES string of the molecule is COc1ccccc1/C=C/COC=O. The molecule has 0 aliphatic rings. The Morgan fingerprint density at radius 1 is 1.36 bits per heavy atom. The Morgan fingerprint density at radius 3 is 2.86 bits per heavy atom. The highest BCUT2D eigenvalue weighted by atomic mass is 16.5. The molecule has 0 saturated carbocycles. The highest BCUT2D eigenvalue weighted by Crippen LogP contribution is 2.18. The molecule has 0 amide bonds. The van der Waals surface area contributed by atoms with Gasteiger partial charge in [0.05, 0.1) is 7.11 Å². The third kappa shape index (κ3) is 2.94. The van der Waals surface area contributed by atoms with Crippen LogP contribution in [0.2, 0.25) is 0 Å². The van der Waals surface area contributed by atoms with Crippen molar-refractivity contribution in [1.29, 1.82) is 0 Å². The van der Waals surface area contributed by atoms with Crippen LogP contribution in [0.15, 0.2) is 30.3 Å². The molecule has 1 rings (SSSR count). The minimum atomic E-state index is 0.279. The molecule has 14 heavy (non-hydrogen) atoms. The summed E-state index contributed by atoms with van der Waals surface area (Å²) in [6, 6.07) is 7.62. The molecular formula is C11H12O3. The largest absolute Gasteiger partial charge is 0.496 e. The first-order valence-electron chi connectivity index (χ1n) is 4.23. The van der Waals surface area contributed by atoms with Crippen molar-refractivity contribution in [1.82, 2.24) is 0 Å². The number of carbonyl (C=O) groups excluding carboxylic acids is 1. The lowest BCUT2D eigenvalue weighted by Gasteiger charge is -2.02. The van der Waals surface area contributed by atoms with Gasteiger partial charge in [0.1, 0.15) is 12.4 Å². The average Bonchev–Trinajstić information content (AvgIpc) is 2.25. The van der Waals surface area contributed by atoms with Crippen molar-refractivity contribution in [2.45, 2.75) is 0 Å². The molecule has 0 aliphatic heterocycles. The number of rotatable bonds is 5. The number of hydrogen-bond acceptors (Lipinski definition) is 3. The second-order valence-corrected chi connectivity index (χ2v) is 2.57. The predicted octanol–water partition coefficient (Wildman–Crippen LogP) is 1.88. The summed E-state index contributed by atoms with van der Waals surface area (Å²) < 4.78 is 9.66. The van der Waals surface area contributed by atoms with Gasteiger partial charge in [-0.3, -0.25) is 4.79 Å². The van der Waals surface area contributed by atoms with Gasteiger partial charge in [0, 0.05) is 5.56 Å². The van der Waals surface area contributed by atoms with E-state index in [2.05, 4.69) is 4.74 Å². The molecular weight excluding hydrogens is 180 g/mol. The fourth-order valence-corrected chi connectivity index (χ4v) is 1.07. The smallest absolute Gasteiger partial charge is 0.293 e. The molecule has 0 N–H and O–H groups in total. The lowest BCUT2D eigenvalue weighted by atomic mass is 10.2. The molecule has 0 heterocycles. The second kappa shape index (κ2) is 5.80. The number of hydrogen-bond donors (Lipinski definition) is 0. The van der Waals surface area contributed by atoms with Crippen molar-refractivity contribution in [2.75, 3.05) is 13.7 Å². The van der Waals surface area contributed by atoms with E-state index in [4.69, 9.17) is 4.74 Å². The molecule has 74 valence electrons. The molecule has 0 bridgehead atoms. The third-order valence-corrected chi connectivity index (χ3v) is 1.70. The number of methoxy groups -OCH3 is 1. The van der Waals surface area contributed by atoms with Crippen LogP contribution in [0.3, 0.4) is 0 Å². The summed E-state index contributed by atoms with van der Waals surface area (Å²) in [5.74, 6) is 0.801. The maximum Gasteiger partial charge on any atom is 0.293 e. The summed E-state index contributed by atoms with van der Waals surface area (Å²) in [6.07, 6.45) is 3.61. The fraction of sp³-hybridized carbons (Fsp3) is 0.182. The Kier molecular flexibility index (Phi) is 4.27. The van der Waals surface area contributed by atoms with E-state index in [1.165, 1.54) is 0 Å². The number of benzene rings is 1. The quantitative estimate of drug-likeness (QED) is 0.528. The molecule has 0 saturated heterocycles. The summed E-state index contributed by atoms with van der Waals surface area (Å²) in [4.78, 5) is 9.86. The molecule has 0 aliphatic carbocycles. The first kappa shape index (κ1) is 10.3. The van der Waals surface area contributed by atoms with Gasteiger partial charge in [-0.15, -0.1) is 0 Å². The molecule has 1 aromatic rings. The molecule has 0 aromatic heterocycles. The standard InChI is InChI=1S/C11H12O3/c1-13-11-7-3-2-5-10(11)6-4-8-14-9-12/h2-7,9H,8H2,1H3/b6-4+. The Bertz CT molecular complexity index is 318. The normalized spacial score (nSPS) is 10.1. The minimum Gasteiger partial charge on any atom is -0.496 e. The zero-order chi connectivity index (χ0) is 10.2. The van der Waals surface area contributed by atoms with E-state index < -0.39 is 0 Å². The Balaban J connectivity index is 2.65. The number of para-hydroxylation sites is 1. The maximum atomic E-state index is 9.86. The molecule has 0 spiro atoms. The van der Waals surface area contributed by atoms with Crippen molar-refractivity contribution >= 4 is 12.5 Å². The molecule has 1 aromatic carbocycles. The van der Waals surface area contributed by atoms with Crippen LogP contribution in [0.25, 0.3) is 6.08 Å². The average molecular weight is 192 g/mol. The van der Waals surface area contributed by atoms with Crippen molar-refractivity contribution in [2.24, 2.45) is 0 Å². The van der Waals surface area contributed by atoms with Gasteiger partial charge in [-0.2, -0.15) is 0 Å². The highest BCUT2D eigenvalue weighted by Gasteiger charge is 1.95. The first-order valence-corrected chi connectivity index (χ1v) is 4.23. The van der Waals surface area contributed by atoms with Gasteiger partial charge < -0.3 is 9.47 Å². The highest BCUT2D eigenvalue weighted by molar-refractivity contribution is 5.57. The summed E-state index contributed by atoms with van der Waals surface area (Å²) in [7, 11) is 1.62. The molecule has 0 radical (unpaired) electrons. The molecule has 3 nitrogen and oxygen atoms in total. The van der Waals surface area contributed by atoms with E-state index in [-0.39, 0.29) is 6.61 Å². The van der Waals surface area contributed by atoms with E-state index in [1.54, 1.807) is 13.2 Å². The zero-order valence-corrected chi connectivity index (χ0v) is 7.97. The van der Waals surface area contributed by atoms with E-state index in [0.29, 0.717) is 6.47 Å². The van der Waals surface area contributed by atoms with Gasteiger partial charge in [0.15, 0.2) is 0 Å². The van der Waals surface area contributed by atoms with Gasteiger partial charge in [-0.1, -0.05) is 24.3 Å². The fourth-order valence-electron chi connectivity index (χ4n) is 1.07. The summed E-state index contributed by atoms with van der Waals surface area (Å²) in [5.41, 5.74) is 0.962. The topological polar surface area (TPSA) is 35.5 Å². The molecule has 0 fully saturated rings. The third-order valence-electron chi connectivity index (χ3n) is 1.70. The predicted molar refractivity (Wildman–Crippen MR) is 54.0 cm³/mol. The van der Waals surface area contributed by atoms with Gasteiger partial charge in [0.2, 0.25) is 0 Å². The lowest BCUT2D eigenvalue weighted by molar-refractivity contribution is -0.127. The van der Waals surface area contributed by atoms with Gasteiger partial charge in [0.25, 0.3) is 6.47 Å². The van der Waals surface area contributed by atoms with Crippen LogP contribution in [-0.2, 0) is 9.53 Å². The molecule has 0 unspecified atom stereocenters. The summed E-state index contributed by atoms with van der Waals surface area (Å²) >= 11 is 0. The Labute approximate surface area is 83.0 Å². The lowest BCUT2D eigenvalue weighted by Crippen LogP contribution is -1.88. The monoisotopic (exact) mass is 192 g/mol. The molecule has 0 atom stereocenters. The summed E-state index contributed by atoms with van der Waals surface area (Å²) in [6.45, 7) is 0.702. The van der Waals surface area contributed by atoms with E-state index in [0.717, 1.165) is 11.3 Å². The zero-order valence-electron chi connectivity index (χ0n) is 7.97. The molecule has 3 heteroatoms. The van der Waals surface area contributed by atoms with Crippen molar-refractivity contribution < 1.29 is 14.3 Å². The number of ether oxygens (including phenoxy) is 2. The van der Waals surface area contributed by atoms with Crippen molar-refractivity contribution in [3.05, 3.63) is 35.9 Å². The van der Waals surface area contributed by atoms with Crippen LogP contribution in [0.4, 0.5) is 0 Å². The van der Waals surface area contributed by atoms with Gasteiger partial charge in [-0.25, -0.2) is 0 Å². The Hall–Kier alpha value is -1.77.